The Morgan fingerprint density at radius 1 is 1.04 bits per heavy atom. The predicted octanol–water partition coefficient (Wildman–Crippen LogP) is 2.39. The molecule has 0 spiro atoms. The lowest BCUT2D eigenvalue weighted by molar-refractivity contribution is -0.109. The first-order valence-corrected chi connectivity index (χ1v) is 9.21. The van der Waals surface area contributed by atoms with Crippen LogP contribution < -0.4 is 11.4 Å². The van der Waals surface area contributed by atoms with E-state index in [0.29, 0.717) is 17.9 Å². The van der Waals surface area contributed by atoms with Crippen LogP contribution in [0.5, 0.6) is 0 Å². The topological polar surface area (TPSA) is 76.9 Å². The summed E-state index contributed by atoms with van der Waals surface area (Å²) in [5.41, 5.74) is 0.668. The van der Waals surface area contributed by atoms with E-state index in [1.807, 2.05) is 36.4 Å². The summed E-state index contributed by atoms with van der Waals surface area (Å²) in [7, 11) is 0. The summed E-state index contributed by atoms with van der Waals surface area (Å²) in [5, 5.41) is 2.55. The average molecular weight is 369 g/mol. The standard InChI is InChI=1S/C19H19N3O3S/c1-14(23)26-13-17(12-15-8-4-2-5-9-15)21-18(24)20-22(19(21)25)16-10-6-3-7-11-16/h2-11,17H,12-13H2,1H3,(H,20,24). The quantitative estimate of drug-likeness (QED) is 0.724. The van der Waals surface area contributed by atoms with Crippen molar-refractivity contribution in [2.45, 2.75) is 19.4 Å². The molecular formula is C19H19N3O3S. The van der Waals surface area contributed by atoms with Gasteiger partial charge in [-0.3, -0.25) is 4.79 Å². The number of nitrogens with zero attached hydrogens (tertiary/aromatic N) is 2. The number of rotatable bonds is 6. The van der Waals surface area contributed by atoms with Gasteiger partial charge in [0.25, 0.3) is 0 Å². The molecule has 3 aromatic rings. The van der Waals surface area contributed by atoms with E-state index in [9.17, 15) is 14.4 Å². The van der Waals surface area contributed by atoms with Gasteiger partial charge in [0, 0.05) is 12.7 Å². The number of nitrogens with one attached hydrogen (secondary N) is 1. The van der Waals surface area contributed by atoms with Gasteiger partial charge >= 0.3 is 11.4 Å². The Bertz CT molecular complexity index is 990. The highest BCUT2D eigenvalue weighted by atomic mass is 32.2. The second-order valence-electron chi connectivity index (χ2n) is 5.89. The van der Waals surface area contributed by atoms with E-state index in [1.165, 1.54) is 16.2 Å². The number of H-pyrrole nitrogens is 1. The largest absolute Gasteiger partial charge is 0.352 e. The fourth-order valence-corrected chi connectivity index (χ4v) is 3.48. The summed E-state index contributed by atoms with van der Waals surface area (Å²) in [6.45, 7) is 1.48. The molecule has 26 heavy (non-hydrogen) atoms. The van der Waals surface area contributed by atoms with Crippen LogP contribution >= 0.6 is 11.8 Å². The van der Waals surface area contributed by atoms with Crippen LogP contribution in [0.2, 0.25) is 0 Å². The van der Waals surface area contributed by atoms with Crippen LogP contribution in [0.25, 0.3) is 5.69 Å². The second kappa shape index (κ2) is 8.05. The van der Waals surface area contributed by atoms with Crippen LogP contribution in [0.4, 0.5) is 0 Å². The lowest BCUT2D eigenvalue weighted by atomic mass is 10.1. The maximum Gasteiger partial charge on any atom is 0.352 e. The molecule has 0 aliphatic heterocycles. The number of carbonyl (C=O) groups excluding carboxylic acids is 1. The Morgan fingerprint density at radius 3 is 2.27 bits per heavy atom. The lowest BCUT2D eigenvalue weighted by Gasteiger charge is -2.15. The van der Waals surface area contributed by atoms with E-state index in [0.717, 1.165) is 17.3 Å². The first-order valence-electron chi connectivity index (χ1n) is 8.22. The molecule has 0 fully saturated rings. The van der Waals surface area contributed by atoms with E-state index in [-0.39, 0.29) is 5.12 Å². The number of para-hydroxylation sites is 1. The Balaban J connectivity index is 2.00. The summed E-state index contributed by atoms with van der Waals surface area (Å²) < 4.78 is 2.44. The van der Waals surface area contributed by atoms with Gasteiger partial charge in [-0.2, -0.15) is 0 Å². The molecule has 7 heteroatoms. The van der Waals surface area contributed by atoms with Gasteiger partial charge in [0.05, 0.1) is 11.7 Å². The van der Waals surface area contributed by atoms with E-state index in [2.05, 4.69) is 5.10 Å². The van der Waals surface area contributed by atoms with Crippen LogP contribution in [-0.2, 0) is 11.2 Å². The minimum absolute atomic E-state index is 0.0463. The van der Waals surface area contributed by atoms with Crippen LogP contribution in [-0.4, -0.2) is 25.2 Å². The molecule has 0 saturated carbocycles. The fourth-order valence-electron chi connectivity index (χ4n) is 2.79. The molecule has 2 aromatic carbocycles. The molecule has 0 saturated heterocycles. The highest BCUT2D eigenvalue weighted by molar-refractivity contribution is 8.13. The Morgan fingerprint density at radius 2 is 1.65 bits per heavy atom. The Hall–Kier alpha value is -2.80. The van der Waals surface area contributed by atoms with Gasteiger partial charge in [0.15, 0.2) is 5.12 Å². The number of hydrogen-bond donors (Lipinski definition) is 1. The third-order valence-corrected chi connectivity index (χ3v) is 4.95. The van der Waals surface area contributed by atoms with Crippen molar-refractivity contribution < 1.29 is 4.79 Å². The van der Waals surface area contributed by atoms with Crippen molar-refractivity contribution in [1.82, 2.24) is 14.3 Å². The SMILES string of the molecule is CC(=O)SCC(Cc1ccccc1)n1c(=O)[nH]n(-c2ccccc2)c1=O. The van der Waals surface area contributed by atoms with Crippen molar-refractivity contribution in [3.05, 3.63) is 87.2 Å². The molecule has 0 radical (unpaired) electrons. The number of aromatic amines is 1. The smallest absolute Gasteiger partial charge is 0.288 e. The Labute approximate surface area is 154 Å². The number of carbonyl (C=O) groups is 1. The van der Waals surface area contributed by atoms with E-state index in [4.69, 9.17) is 0 Å². The van der Waals surface area contributed by atoms with Crippen molar-refractivity contribution >= 4 is 16.9 Å². The second-order valence-corrected chi connectivity index (χ2v) is 7.08. The van der Waals surface area contributed by atoms with Crippen LogP contribution in [0.3, 0.4) is 0 Å². The zero-order chi connectivity index (χ0) is 18.5. The number of thioether (sulfide) groups is 1. The maximum absolute atomic E-state index is 12.9. The number of hydrogen-bond acceptors (Lipinski definition) is 4. The van der Waals surface area contributed by atoms with Crippen molar-refractivity contribution in [1.29, 1.82) is 0 Å². The average Bonchev–Trinajstić information content (AvgIpc) is 2.94. The van der Waals surface area contributed by atoms with Crippen molar-refractivity contribution in [2.24, 2.45) is 0 Å². The van der Waals surface area contributed by atoms with Gasteiger partial charge in [0.2, 0.25) is 0 Å². The van der Waals surface area contributed by atoms with E-state index < -0.39 is 17.4 Å². The molecular weight excluding hydrogens is 350 g/mol. The van der Waals surface area contributed by atoms with Gasteiger partial charge in [-0.05, 0) is 24.1 Å². The predicted molar refractivity (Wildman–Crippen MR) is 103 cm³/mol. The third kappa shape index (κ3) is 4.05. The Kier molecular flexibility index (Phi) is 5.58. The molecule has 1 atom stereocenters. The molecule has 1 N–H and O–H groups in total. The molecule has 0 bridgehead atoms. The molecule has 1 unspecified atom stereocenters. The third-order valence-electron chi connectivity index (χ3n) is 4.00. The molecule has 1 aromatic heterocycles. The number of aromatic nitrogens is 3. The molecule has 0 aliphatic carbocycles. The first-order chi connectivity index (χ1) is 12.6. The summed E-state index contributed by atoms with van der Waals surface area (Å²) in [4.78, 5) is 36.8. The normalized spacial score (nSPS) is 12.0. The summed E-state index contributed by atoms with van der Waals surface area (Å²) in [6.07, 6.45) is 0.489. The van der Waals surface area contributed by atoms with Crippen LogP contribution in [0, 0.1) is 0 Å². The lowest BCUT2D eigenvalue weighted by Crippen LogP contribution is -2.35. The summed E-state index contributed by atoms with van der Waals surface area (Å²) in [6, 6.07) is 18.1. The molecule has 6 nitrogen and oxygen atoms in total. The summed E-state index contributed by atoms with van der Waals surface area (Å²) in [5.74, 6) is 0.353. The van der Waals surface area contributed by atoms with Crippen molar-refractivity contribution in [3.63, 3.8) is 0 Å². The zero-order valence-electron chi connectivity index (χ0n) is 14.3. The fraction of sp³-hybridized carbons (Fsp3) is 0.211. The van der Waals surface area contributed by atoms with Gasteiger partial charge in [-0.1, -0.05) is 60.3 Å². The van der Waals surface area contributed by atoms with Gasteiger partial charge < -0.3 is 0 Å². The highest BCUT2D eigenvalue weighted by Gasteiger charge is 2.21. The zero-order valence-corrected chi connectivity index (χ0v) is 15.1. The molecule has 1 heterocycles. The van der Waals surface area contributed by atoms with E-state index >= 15 is 0 Å². The first kappa shape index (κ1) is 18.0. The number of benzene rings is 2. The van der Waals surface area contributed by atoms with Crippen molar-refractivity contribution in [2.75, 3.05) is 5.75 Å². The van der Waals surface area contributed by atoms with Gasteiger partial charge in [-0.25, -0.2) is 23.9 Å². The molecule has 0 aliphatic rings. The minimum Gasteiger partial charge on any atom is -0.288 e. The van der Waals surface area contributed by atoms with Gasteiger partial charge in [0.1, 0.15) is 0 Å². The molecule has 3 rings (SSSR count). The minimum atomic E-state index is -0.482. The molecule has 0 amide bonds. The van der Waals surface area contributed by atoms with Gasteiger partial charge in [-0.15, -0.1) is 0 Å². The highest BCUT2D eigenvalue weighted by Crippen LogP contribution is 2.18. The van der Waals surface area contributed by atoms with Crippen molar-refractivity contribution in [3.8, 4) is 5.69 Å². The summed E-state index contributed by atoms with van der Waals surface area (Å²) >= 11 is 1.12. The van der Waals surface area contributed by atoms with E-state index in [1.54, 1.807) is 24.3 Å². The van der Waals surface area contributed by atoms with Crippen LogP contribution in [0.15, 0.2) is 70.3 Å². The molecule has 134 valence electrons. The maximum atomic E-state index is 12.9. The monoisotopic (exact) mass is 369 g/mol. The van der Waals surface area contributed by atoms with Crippen LogP contribution in [0.1, 0.15) is 18.5 Å².